The van der Waals surface area contributed by atoms with Crippen LogP contribution < -0.4 is 10.5 Å². The van der Waals surface area contributed by atoms with Crippen LogP contribution in [-0.2, 0) is 21.4 Å². The minimum Gasteiger partial charge on any atom is -0.384 e. The molecule has 30 heavy (non-hydrogen) atoms. The summed E-state index contributed by atoms with van der Waals surface area (Å²) >= 11 is 2.74. The second-order valence-corrected chi connectivity index (χ2v) is 10.9. The molecule has 1 saturated heterocycles. The minimum absolute atomic E-state index is 0.0342. The number of nitrogens with zero attached hydrogens (tertiary/aromatic N) is 1. The number of amides is 1. The lowest BCUT2D eigenvalue weighted by Gasteiger charge is -2.17. The molecular formula is C20H20N4O3S3. The number of hydrogen-bond donors (Lipinski definition) is 3. The Morgan fingerprint density at radius 3 is 2.77 bits per heavy atom. The number of thiophene rings is 2. The van der Waals surface area contributed by atoms with Crippen LogP contribution >= 0.6 is 22.7 Å². The molecule has 0 radical (unpaired) electrons. The van der Waals surface area contributed by atoms with Crippen molar-refractivity contribution in [3.63, 3.8) is 0 Å². The predicted octanol–water partition coefficient (Wildman–Crippen LogP) is 2.84. The van der Waals surface area contributed by atoms with Crippen LogP contribution in [0, 0.1) is 5.41 Å². The minimum atomic E-state index is -3.78. The van der Waals surface area contributed by atoms with Gasteiger partial charge in [-0.3, -0.25) is 10.2 Å². The van der Waals surface area contributed by atoms with Crippen molar-refractivity contribution >= 4 is 44.4 Å². The van der Waals surface area contributed by atoms with Gasteiger partial charge in [0.25, 0.3) is 10.0 Å². The van der Waals surface area contributed by atoms with Gasteiger partial charge in [0.1, 0.15) is 16.1 Å². The van der Waals surface area contributed by atoms with Crippen LogP contribution in [0.4, 0.5) is 0 Å². The standard InChI is InChI=1S/C20H20N4O3S3/c21-19(22)14-4-1-3-13(11-14)12-24-9-8-15(20(24)25)23-30(26,27)18-7-6-17(29-18)16-5-2-10-28-16/h1-7,10-11,15,23H,8-9,12H2,(H3,21,22)/t15-/m0/s1. The van der Waals surface area contributed by atoms with Crippen molar-refractivity contribution in [2.45, 2.75) is 23.2 Å². The second kappa shape index (κ2) is 8.31. The van der Waals surface area contributed by atoms with Crippen LogP contribution in [0.2, 0.25) is 0 Å². The highest BCUT2D eigenvalue weighted by atomic mass is 32.2. The molecule has 156 valence electrons. The number of rotatable bonds is 7. The van der Waals surface area contributed by atoms with Gasteiger partial charge >= 0.3 is 0 Å². The highest BCUT2D eigenvalue weighted by Gasteiger charge is 2.35. The van der Waals surface area contributed by atoms with Crippen molar-refractivity contribution in [2.24, 2.45) is 5.73 Å². The molecule has 0 bridgehead atoms. The van der Waals surface area contributed by atoms with Crippen LogP contribution in [0.5, 0.6) is 0 Å². The first-order valence-electron chi connectivity index (χ1n) is 9.22. The zero-order valence-corrected chi connectivity index (χ0v) is 18.3. The molecule has 1 fully saturated rings. The summed E-state index contributed by atoms with van der Waals surface area (Å²) < 4.78 is 28.4. The summed E-state index contributed by atoms with van der Waals surface area (Å²) in [6.07, 6.45) is 0.410. The summed E-state index contributed by atoms with van der Waals surface area (Å²) in [7, 11) is -3.78. The molecule has 7 nitrogen and oxygen atoms in total. The number of benzene rings is 1. The average Bonchev–Trinajstić information content (AvgIpc) is 3.46. The molecule has 4 rings (SSSR count). The van der Waals surface area contributed by atoms with Crippen molar-refractivity contribution in [1.29, 1.82) is 5.41 Å². The molecular weight excluding hydrogens is 440 g/mol. The summed E-state index contributed by atoms with van der Waals surface area (Å²) in [5, 5.41) is 9.48. The van der Waals surface area contributed by atoms with Crippen LogP contribution in [0.15, 0.2) is 58.1 Å². The Morgan fingerprint density at radius 1 is 1.20 bits per heavy atom. The lowest BCUT2D eigenvalue weighted by molar-refractivity contribution is -0.129. The maximum atomic E-state index is 12.8. The summed E-state index contributed by atoms with van der Waals surface area (Å²) in [6.45, 7) is 0.806. The first-order chi connectivity index (χ1) is 14.3. The van der Waals surface area contributed by atoms with Gasteiger partial charge in [0.15, 0.2) is 0 Å². The van der Waals surface area contributed by atoms with Gasteiger partial charge in [-0.2, -0.15) is 4.72 Å². The molecule has 1 aliphatic heterocycles. The molecule has 1 aromatic carbocycles. The lowest BCUT2D eigenvalue weighted by Crippen LogP contribution is -2.41. The molecule has 3 heterocycles. The largest absolute Gasteiger partial charge is 0.384 e. The third kappa shape index (κ3) is 4.31. The topological polar surface area (TPSA) is 116 Å². The summed E-state index contributed by atoms with van der Waals surface area (Å²) in [6, 6.07) is 13.6. The molecule has 2 aromatic heterocycles. The van der Waals surface area contributed by atoms with Gasteiger partial charge in [0, 0.05) is 28.4 Å². The van der Waals surface area contributed by atoms with E-state index in [1.165, 1.54) is 11.3 Å². The number of amidine groups is 1. The Hall–Kier alpha value is -2.53. The van der Waals surface area contributed by atoms with E-state index in [2.05, 4.69) is 4.72 Å². The molecule has 0 unspecified atom stereocenters. The number of nitrogen functional groups attached to an aromatic ring is 1. The van der Waals surface area contributed by atoms with Gasteiger partial charge in [-0.1, -0.05) is 24.3 Å². The number of likely N-dealkylation sites (tertiary alicyclic amines) is 1. The summed E-state index contributed by atoms with van der Waals surface area (Å²) in [5.74, 6) is -0.282. The maximum Gasteiger partial charge on any atom is 0.250 e. The third-order valence-electron chi connectivity index (χ3n) is 4.82. The Kier molecular flexibility index (Phi) is 5.74. The van der Waals surface area contributed by atoms with Crippen LogP contribution in [-0.4, -0.2) is 37.6 Å². The second-order valence-electron chi connectivity index (χ2n) is 6.93. The molecule has 1 atom stereocenters. The zero-order chi connectivity index (χ0) is 21.3. The van der Waals surface area contributed by atoms with E-state index in [0.717, 1.165) is 15.3 Å². The molecule has 0 aliphatic carbocycles. The number of carbonyl (C=O) groups excluding carboxylic acids is 1. The van der Waals surface area contributed by atoms with E-state index in [4.69, 9.17) is 11.1 Å². The van der Waals surface area contributed by atoms with Crippen molar-refractivity contribution in [3.8, 4) is 9.75 Å². The van der Waals surface area contributed by atoms with Crippen molar-refractivity contribution in [2.75, 3.05) is 6.54 Å². The van der Waals surface area contributed by atoms with Crippen LogP contribution in [0.3, 0.4) is 0 Å². The number of nitrogens with one attached hydrogen (secondary N) is 2. The highest BCUT2D eigenvalue weighted by Crippen LogP contribution is 2.33. The van der Waals surface area contributed by atoms with Gasteiger partial charge < -0.3 is 10.6 Å². The quantitative estimate of drug-likeness (QED) is 0.371. The van der Waals surface area contributed by atoms with Gasteiger partial charge in [-0.15, -0.1) is 22.7 Å². The SMILES string of the molecule is N=C(N)c1cccc(CN2CC[C@H](NS(=O)(=O)c3ccc(-c4cccs4)s3)C2=O)c1. The smallest absolute Gasteiger partial charge is 0.250 e. The van der Waals surface area contributed by atoms with Crippen LogP contribution in [0.25, 0.3) is 9.75 Å². The molecule has 1 amide bonds. The van der Waals surface area contributed by atoms with Gasteiger partial charge in [0.05, 0.1) is 0 Å². The maximum absolute atomic E-state index is 12.8. The zero-order valence-electron chi connectivity index (χ0n) is 15.9. The van der Waals surface area contributed by atoms with E-state index in [-0.39, 0.29) is 16.0 Å². The fraction of sp³-hybridized carbons (Fsp3) is 0.200. The Bertz CT molecular complexity index is 1190. The monoisotopic (exact) mass is 460 g/mol. The fourth-order valence-electron chi connectivity index (χ4n) is 3.32. The van der Waals surface area contributed by atoms with Gasteiger partial charge in [-0.25, -0.2) is 8.42 Å². The predicted molar refractivity (Wildman–Crippen MR) is 119 cm³/mol. The first-order valence-corrected chi connectivity index (χ1v) is 12.4. The molecule has 0 spiro atoms. The molecule has 3 aromatic rings. The molecule has 10 heteroatoms. The third-order valence-corrected chi connectivity index (χ3v) is 8.93. The van der Waals surface area contributed by atoms with E-state index < -0.39 is 16.1 Å². The molecule has 1 aliphatic rings. The van der Waals surface area contributed by atoms with E-state index in [9.17, 15) is 13.2 Å². The number of hydrogen-bond acceptors (Lipinski definition) is 6. The fourth-order valence-corrected chi connectivity index (χ4v) is 6.71. The molecule has 0 saturated carbocycles. The van der Waals surface area contributed by atoms with Gasteiger partial charge in [-0.05, 0) is 41.6 Å². The summed E-state index contributed by atoms with van der Waals surface area (Å²) in [5.41, 5.74) is 6.96. The lowest BCUT2D eigenvalue weighted by atomic mass is 10.1. The number of carbonyl (C=O) groups is 1. The first kappa shape index (κ1) is 20.7. The van der Waals surface area contributed by atoms with Crippen molar-refractivity contribution in [1.82, 2.24) is 9.62 Å². The Morgan fingerprint density at radius 2 is 2.03 bits per heavy atom. The van der Waals surface area contributed by atoms with E-state index in [0.29, 0.717) is 25.1 Å². The number of nitrogens with two attached hydrogens (primary N) is 1. The Labute approximate surface area is 182 Å². The number of sulfonamides is 1. The van der Waals surface area contributed by atoms with E-state index >= 15 is 0 Å². The normalized spacial score (nSPS) is 16.9. The van der Waals surface area contributed by atoms with Crippen molar-refractivity contribution < 1.29 is 13.2 Å². The average molecular weight is 461 g/mol. The van der Waals surface area contributed by atoms with Crippen molar-refractivity contribution in [3.05, 3.63) is 65.0 Å². The highest BCUT2D eigenvalue weighted by molar-refractivity contribution is 7.91. The van der Waals surface area contributed by atoms with Crippen LogP contribution in [0.1, 0.15) is 17.5 Å². The van der Waals surface area contributed by atoms with E-state index in [1.807, 2.05) is 23.6 Å². The Balaban J connectivity index is 1.44. The van der Waals surface area contributed by atoms with E-state index in [1.54, 1.807) is 46.6 Å². The molecule has 4 N–H and O–H groups in total. The summed E-state index contributed by atoms with van der Waals surface area (Å²) in [4.78, 5) is 16.3. The van der Waals surface area contributed by atoms with Gasteiger partial charge in [0.2, 0.25) is 5.91 Å².